The highest BCUT2D eigenvalue weighted by atomic mass is 16.5. The van der Waals surface area contributed by atoms with Crippen molar-refractivity contribution in [2.45, 2.75) is 6.92 Å². The lowest BCUT2D eigenvalue weighted by molar-refractivity contribution is -0.135. The molecule has 0 unspecified atom stereocenters. The average molecular weight is 157 g/mol. The first-order valence-corrected chi connectivity index (χ1v) is 2.95. The molecular weight excluding hydrogens is 150 g/mol. The Hall–Kier alpha value is -1.52. The first kappa shape index (κ1) is 7.59. The summed E-state index contributed by atoms with van der Waals surface area (Å²) in [5.41, 5.74) is 0.0116. The largest absolute Gasteiger partial charge is 0.508 e. The van der Waals surface area contributed by atoms with Gasteiger partial charge in [0.1, 0.15) is 17.9 Å². The third kappa shape index (κ3) is 1.17. The van der Waals surface area contributed by atoms with Crippen molar-refractivity contribution < 1.29 is 19.8 Å². The quantitative estimate of drug-likeness (QED) is 0.247. The van der Waals surface area contributed by atoms with Gasteiger partial charge in [-0.05, 0) is 6.92 Å². The maximum atomic E-state index is 10.8. The van der Waals surface area contributed by atoms with Crippen molar-refractivity contribution in [3.8, 4) is 0 Å². The number of nitrogens with zero attached hydrogens (tertiary/aromatic N) is 1. The smallest absolute Gasteiger partial charge is 0.344 e. The minimum absolute atomic E-state index is 0.0486. The molecule has 0 aromatic heterocycles. The number of esters is 1. The fraction of sp³-hybridized carbons (Fsp3) is 0.333. The van der Waals surface area contributed by atoms with Crippen molar-refractivity contribution in [1.29, 1.82) is 0 Å². The highest BCUT2D eigenvalue weighted by Crippen LogP contribution is 2.14. The molecule has 60 valence electrons. The Kier molecular flexibility index (Phi) is 1.80. The molecule has 2 N–H and O–H groups in total. The van der Waals surface area contributed by atoms with E-state index in [0.717, 1.165) is 0 Å². The molecule has 1 aliphatic heterocycles. The summed E-state index contributed by atoms with van der Waals surface area (Å²) in [5, 5.41) is 20.0. The second kappa shape index (κ2) is 2.61. The number of rotatable bonds is 1. The van der Waals surface area contributed by atoms with Gasteiger partial charge in [0, 0.05) is 0 Å². The molecule has 1 heterocycles. The van der Waals surface area contributed by atoms with Crippen LogP contribution in [-0.4, -0.2) is 28.6 Å². The molecule has 1 aliphatic rings. The van der Waals surface area contributed by atoms with Crippen LogP contribution in [0.25, 0.3) is 0 Å². The second-order valence-electron chi connectivity index (χ2n) is 2.08. The number of hydrogen-bond donors (Lipinski definition) is 2. The second-order valence-corrected chi connectivity index (χ2v) is 2.08. The van der Waals surface area contributed by atoms with Crippen molar-refractivity contribution in [2.75, 3.05) is 6.61 Å². The minimum atomic E-state index is -0.655. The number of cyclic esters (lactones) is 1. The first-order valence-electron chi connectivity index (χ1n) is 2.95. The van der Waals surface area contributed by atoms with Gasteiger partial charge in [-0.1, -0.05) is 5.16 Å². The Morgan fingerprint density at radius 3 is 2.73 bits per heavy atom. The zero-order valence-electron chi connectivity index (χ0n) is 5.87. The molecule has 5 nitrogen and oxygen atoms in total. The van der Waals surface area contributed by atoms with Gasteiger partial charge in [-0.25, -0.2) is 4.79 Å². The van der Waals surface area contributed by atoms with Crippen LogP contribution in [-0.2, 0) is 9.53 Å². The van der Waals surface area contributed by atoms with Crippen molar-refractivity contribution in [2.24, 2.45) is 5.16 Å². The third-order valence-electron chi connectivity index (χ3n) is 1.34. The zero-order chi connectivity index (χ0) is 8.43. The molecule has 0 aromatic carbocycles. The normalized spacial score (nSPS) is 19.0. The highest BCUT2D eigenvalue weighted by molar-refractivity contribution is 6.20. The molecule has 0 saturated heterocycles. The standard InChI is InChI=1S/C6H7NO4/c1-3(7-10)5-4(8)2-11-6(5)9/h8,10H,2H2,1H3/b7-3+. The van der Waals surface area contributed by atoms with Gasteiger partial charge in [0.15, 0.2) is 0 Å². The van der Waals surface area contributed by atoms with Crippen LogP contribution in [0.1, 0.15) is 6.92 Å². The summed E-state index contributed by atoms with van der Waals surface area (Å²) in [5.74, 6) is -0.844. The van der Waals surface area contributed by atoms with Crippen molar-refractivity contribution >= 4 is 11.7 Å². The first-order chi connectivity index (χ1) is 5.16. The summed E-state index contributed by atoms with van der Waals surface area (Å²) in [6, 6.07) is 0. The Bertz CT molecular complexity index is 253. The lowest BCUT2D eigenvalue weighted by Crippen LogP contribution is -2.07. The van der Waals surface area contributed by atoms with Gasteiger partial charge < -0.3 is 15.1 Å². The lowest BCUT2D eigenvalue weighted by atomic mass is 10.2. The summed E-state index contributed by atoms with van der Waals surface area (Å²) < 4.78 is 4.45. The number of carbonyl (C=O) groups is 1. The van der Waals surface area contributed by atoms with E-state index in [1.165, 1.54) is 6.92 Å². The number of hydrogen-bond acceptors (Lipinski definition) is 5. The van der Waals surface area contributed by atoms with Gasteiger partial charge in [0.2, 0.25) is 0 Å². The van der Waals surface area contributed by atoms with Gasteiger partial charge in [-0.15, -0.1) is 0 Å². The van der Waals surface area contributed by atoms with E-state index in [2.05, 4.69) is 9.89 Å². The Morgan fingerprint density at radius 1 is 1.73 bits per heavy atom. The Balaban J connectivity index is 3.01. The fourth-order valence-corrected chi connectivity index (χ4v) is 0.803. The summed E-state index contributed by atoms with van der Waals surface area (Å²) >= 11 is 0. The summed E-state index contributed by atoms with van der Waals surface area (Å²) in [7, 11) is 0. The molecule has 0 saturated carbocycles. The molecule has 0 aliphatic carbocycles. The maximum Gasteiger partial charge on any atom is 0.344 e. The number of aliphatic hydroxyl groups is 1. The molecular formula is C6H7NO4. The predicted octanol–water partition coefficient (Wildman–Crippen LogP) is 0.205. The predicted molar refractivity (Wildman–Crippen MR) is 35.5 cm³/mol. The maximum absolute atomic E-state index is 10.8. The van der Waals surface area contributed by atoms with E-state index >= 15 is 0 Å². The van der Waals surface area contributed by atoms with Crippen LogP contribution in [0, 0.1) is 0 Å². The molecule has 0 fully saturated rings. The van der Waals surface area contributed by atoms with Crippen molar-refractivity contribution in [3.05, 3.63) is 11.3 Å². The molecule has 0 atom stereocenters. The zero-order valence-corrected chi connectivity index (χ0v) is 5.87. The van der Waals surface area contributed by atoms with Gasteiger partial charge in [-0.2, -0.15) is 0 Å². The van der Waals surface area contributed by atoms with Gasteiger partial charge >= 0.3 is 5.97 Å². The van der Waals surface area contributed by atoms with E-state index in [-0.39, 0.29) is 23.7 Å². The van der Waals surface area contributed by atoms with E-state index < -0.39 is 5.97 Å². The number of carbonyl (C=O) groups excluding carboxylic acids is 1. The van der Waals surface area contributed by atoms with Gasteiger partial charge in [0.25, 0.3) is 0 Å². The Morgan fingerprint density at radius 2 is 2.36 bits per heavy atom. The van der Waals surface area contributed by atoms with E-state index in [9.17, 15) is 4.79 Å². The fourth-order valence-electron chi connectivity index (χ4n) is 0.803. The van der Waals surface area contributed by atoms with E-state index in [0.29, 0.717) is 0 Å². The lowest BCUT2D eigenvalue weighted by Gasteiger charge is -1.93. The Labute approximate surface area is 62.6 Å². The summed E-state index contributed by atoms with van der Waals surface area (Å²) in [6.45, 7) is 1.26. The monoisotopic (exact) mass is 157 g/mol. The summed E-state index contributed by atoms with van der Waals surface area (Å²) in [6.07, 6.45) is 0. The number of oxime groups is 1. The van der Waals surface area contributed by atoms with Crippen molar-refractivity contribution in [1.82, 2.24) is 0 Å². The van der Waals surface area contributed by atoms with Crippen LogP contribution in [0.3, 0.4) is 0 Å². The van der Waals surface area contributed by atoms with E-state index in [4.69, 9.17) is 10.3 Å². The van der Waals surface area contributed by atoms with Crippen LogP contribution in [0.2, 0.25) is 0 Å². The topological polar surface area (TPSA) is 79.1 Å². The van der Waals surface area contributed by atoms with Gasteiger partial charge in [-0.3, -0.25) is 0 Å². The van der Waals surface area contributed by atoms with Crippen molar-refractivity contribution in [3.63, 3.8) is 0 Å². The molecule has 5 heteroatoms. The van der Waals surface area contributed by atoms with Gasteiger partial charge in [0.05, 0.1) is 5.71 Å². The summed E-state index contributed by atoms with van der Waals surface area (Å²) in [4.78, 5) is 10.8. The molecule has 0 radical (unpaired) electrons. The molecule has 11 heavy (non-hydrogen) atoms. The number of aliphatic hydroxyl groups excluding tert-OH is 1. The van der Waals surface area contributed by atoms with Crippen LogP contribution in [0.5, 0.6) is 0 Å². The molecule has 0 aromatic rings. The van der Waals surface area contributed by atoms with E-state index in [1.807, 2.05) is 0 Å². The SMILES string of the molecule is C/C(=N\O)C1=C(O)COC1=O. The van der Waals surface area contributed by atoms with Crippen LogP contribution in [0.4, 0.5) is 0 Å². The van der Waals surface area contributed by atoms with Crippen LogP contribution in [0.15, 0.2) is 16.5 Å². The molecule has 1 rings (SSSR count). The molecule has 0 spiro atoms. The highest BCUT2D eigenvalue weighted by Gasteiger charge is 2.26. The minimum Gasteiger partial charge on any atom is -0.508 e. The third-order valence-corrected chi connectivity index (χ3v) is 1.34. The molecule has 0 bridgehead atoms. The average Bonchev–Trinajstić information content (AvgIpc) is 2.30. The van der Waals surface area contributed by atoms with Crippen LogP contribution < -0.4 is 0 Å². The van der Waals surface area contributed by atoms with E-state index in [1.54, 1.807) is 0 Å². The molecule has 0 amide bonds. The van der Waals surface area contributed by atoms with Crippen LogP contribution >= 0.6 is 0 Å². The number of ether oxygens (including phenoxy) is 1.